The summed E-state index contributed by atoms with van der Waals surface area (Å²) in [5, 5.41) is 15.7. The van der Waals surface area contributed by atoms with Crippen LogP contribution in [0.25, 0.3) is 120 Å². The molecular formula is C54H32N4. The Morgan fingerprint density at radius 3 is 1.78 bits per heavy atom. The van der Waals surface area contributed by atoms with E-state index in [4.69, 9.17) is 9.97 Å². The summed E-state index contributed by atoms with van der Waals surface area (Å²) in [5.41, 5.74) is 8.58. The lowest BCUT2D eigenvalue weighted by molar-refractivity contribution is 1.01. The Bertz CT molecular complexity index is 3870. The highest BCUT2D eigenvalue weighted by Crippen LogP contribution is 2.40. The van der Waals surface area contributed by atoms with Crippen molar-refractivity contribution in [2.75, 3.05) is 0 Å². The number of rotatable bonds is 3. The fourth-order valence-electron chi connectivity index (χ4n) is 9.61. The Kier molecular flexibility index (Phi) is 6.41. The molecule has 10 aromatic carbocycles. The number of benzene rings is 10. The molecule has 0 atom stereocenters. The molecule has 0 fully saturated rings. The molecule has 4 nitrogen and oxygen atoms in total. The molecule has 0 unspecified atom stereocenters. The van der Waals surface area contributed by atoms with Gasteiger partial charge in [0.2, 0.25) is 5.95 Å². The van der Waals surface area contributed by atoms with E-state index in [9.17, 15) is 0 Å². The first kappa shape index (κ1) is 31.4. The smallest absolute Gasteiger partial charge is 0.235 e. The van der Waals surface area contributed by atoms with E-state index in [0.29, 0.717) is 5.95 Å². The van der Waals surface area contributed by atoms with Crippen molar-refractivity contribution in [1.82, 2.24) is 19.1 Å². The van der Waals surface area contributed by atoms with Crippen LogP contribution in [0.4, 0.5) is 0 Å². The molecule has 0 radical (unpaired) electrons. The molecule has 0 saturated carbocycles. The van der Waals surface area contributed by atoms with E-state index in [-0.39, 0.29) is 0 Å². The van der Waals surface area contributed by atoms with Gasteiger partial charge in [0, 0.05) is 38.2 Å². The van der Waals surface area contributed by atoms with E-state index in [0.717, 1.165) is 44.3 Å². The zero-order valence-electron chi connectivity index (χ0n) is 31.3. The molecule has 13 rings (SSSR count). The Morgan fingerprint density at radius 2 is 0.931 bits per heavy atom. The Balaban J connectivity index is 1.06. The van der Waals surface area contributed by atoms with Crippen LogP contribution in [0.1, 0.15) is 0 Å². The summed E-state index contributed by atoms with van der Waals surface area (Å²) in [6, 6.07) is 70.3. The van der Waals surface area contributed by atoms with Crippen LogP contribution in [0.3, 0.4) is 0 Å². The second kappa shape index (κ2) is 11.8. The van der Waals surface area contributed by atoms with Crippen LogP contribution in [-0.2, 0) is 0 Å². The Morgan fingerprint density at radius 1 is 0.310 bits per heavy atom. The predicted octanol–water partition coefficient (Wildman–Crippen LogP) is 14.1. The topological polar surface area (TPSA) is 35.6 Å². The van der Waals surface area contributed by atoms with Gasteiger partial charge in [-0.05, 0) is 97.7 Å². The van der Waals surface area contributed by atoms with Gasteiger partial charge < -0.3 is 4.57 Å². The lowest BCUT2D eigenvalue weighted by Gasteiger charge is -2.13. The van der Waals surface area contributed by atoms with Gasteiger partial charge in [-0.2, -0.15) is 0 Å². The molecule has 0 saturated heterocycles. The van der Waals surface area contributed by atoms with Crippen LogP contribution in [-0.4, -0.2) is 19.1 Å². The number of hydrogen-bond donors (Lipinski definition) is 0. The van der Waals surface area contributed by atoms with E-state index >= 15 is 0 Å². The molecule has 0 amide bonds. The third-order valence-electron chi connectivity index (χ3n) is 12.2. The van der Waals surface area contributed by atoms with Gasteiger partial charge in [-0.25, -0.2) is 9.97 Å². The van der Waals surface area contributed by atoms with Crippen molar-refractivity contribution in [1.29, 1.82) is 0 Å². The molecule has 0 spiro atoms. The van der Waals surface area contributed by atoms with Gasteiger partial charge in [0.25, 0.3) is 0 Å². The average molecular weight is 737 g/mol. The molecule has 13 aromatic rings. The molecule has 0 N–H and O–H groups in total. The van der Waals surface area contributed by atoms with Crippen LogP contribution in [0.5, 0.6) is 0 Å². The normalized spacial score (nSPS) is 12.1. The highest BCUT2D eigenvalue weighted by atomic mass is 15.2. The van der Waals surface area contributed by atoms with Gasteiger partial charge in [0.1, 0.15) is 0 Å². The monoisotopic (exact) mass is 736 g/mol. The molecule has 3 heterocycles. The van der Waals surface area contributed by atoms with Crippen molar-refractivity contribution in [3.63, 3.8) is 0 Å². The summed E-state index contributed by atoms with van der Waals surface area (Å²) in [6.45, 7) is 0. The zero-order chi connectivity index (χ0) is 37.9. The predicted molar refractivity (Wildman–Crippen MR) is 244 cm³/mol. The van der Waals surface area contributed by atoms with Crippen molar-refractivity contribution in [3.8, 4) is 22.9 Å². The van der Waals surface area contributed by atoms with Gasteiger partial charge >= 0.3 is 0 Å². The first-order chi connectivity index (χ1) is 28.7. The van der Waals surface area contributed by atoms with E-state index in [1.54, 1.807) is 0 Å². The van der Waals surface area contributed by atoms with Crippen LogP contribution >= 0.6 is 0 Å². The summed E-state index contributed by atoms with van der Waals surface area (Å²) >= 11 is 0. The van der Waals surface area contributed by atoms with Gasteiger partial charge in [-0.3, -0.25) is 4.57 Å². The van der Waals surface area contributed by atoms with Crippen LogP contribution in [0.15, 0.2) is 194 Å². The third-order valence-corrected chi connectivity index (χ3v) is 12.2. The summed E-state index contributed by atoms with van der Waals surface area (Å²) in [6.07, 6.45) is 0. The van der Waals surface area contributed by atoms with Crippen LogP contribution in [0.2, 0.25) is 0 Å². The molecule has 0 aliphatic rings. The fourth-order valence-corrected chi connectivity index (χ4v) is 9.61. The van der Waals surface area contributed by atoms with Crippen LogP contribution in [0, 0.1) is 0 Å². The second-order valence-electron chi connectivity index (χ2n) is 15.4. The minimum absolute atomic E-state index is 0.655. The van der Waals surface area contributed by atoms with Gasteiger partial charge in [-0.1, -0.05) is 140 Å². The van der Waals surface area contributed by atoms with E-state index < -0.39 is 0 Å². The standard InChI is InChI=1S/C54H32N4/c1-3-13-40-33(11-1)21-22-35-23-24-37(31-45(35)40)53-43-16-5-8-18-47(43)55-54(56-53)58-48-19-9-6-15-42(48)46-30-36-25-27-39(29-38(36)32-51(46)58)57-49-20-10-7-17-44(49)52-41-14-4-2-12-34(41)26-28-50(52)57/h1-32H. The van der Waals surface area contributed by atoms with Crippen molar-refractivity contribution in [2.24, 2.45) is 0 Å². The molecule has 0 aliphatic carbocycles. The van der Waals surface area contributed by atoms with Crippen molar-refractivity contribution in [2.45, 2.75) is 0 Å². The minimum atomic E-state index is 0.655. The molecule has 4 heteroatoms. The number of aromatic nitrogens is 4. The summed E-state index contributed by atoms with van der Waals surface area (Å²) < 4.78 is 4.68. The van der Waals surface area contributed by atoms with Gasteiger partial charge in [0.15, 0.2) is 0 Å². The fraction of sp³-hybridized carbons (Fsp3) is 0. The van der Waals surface area contributed by atoms with Crippen molar-refractivity contribution in [3.05, 3.63) is 194 Å². The highest BCUT2D eigenvalue weighted by molar-refractivity contribution is 6.21. The zero-order valence-corrected chi connectivity index (χ0v) is 31.3. The summed E-state index contributed by atoms with van der Waals surface area (Å²) in [7, 11) is 0. The molecular weight excluding hydrogens is 705 g/mol. The SMILES string of the molecule is c1ccc2c(c1)ccc1ccc(-c3nc(-n4c5ccccc5c5cc6ccc(-n7c8ccccc8c8c9ccccc9ccc87)cc6cc54)nc4ccccc34)cc12. The number of hydrogen-bond acceptors (Lipinski definition) is 2. The maximum Gasteiger partial charge on any atom is 0.235 e. The van der Waals surface area contributed by atoms with E-state index in [1.807, 2.05) is 0 Å². The van der Waals surface area contributed by atoms with Crippen molar-refractivity contribution >= 4 is 97.6 Å². The van der Waals surface area contributed by atoms with Crippen LogP contribution < -0.4 is 0 Å². The average Bonchev–Trinajstić information content (AvgIpc) is 3.80. The summed E-state index contributed by atoms with van der Waals surface area (Å²) in [4.78, 5) is 10.8. The highest BCUT2D eigenvalue weighted by Gasteiger charge is 2.20. The first-order valence-corrected chi connectivity index (χ1v) is 19.8. The lowest BCUT2D eigenvalue weighted by atomic mass is 9.98. The largest absolute Gasteiger partial charge is 0.309 e. The number of nitrogens with zero attached hydrogens (tertiary/aromatic N) is 4. The molecule has 0 bridgehead atoms. The Labute approximate surface area is 332 Å². The van der Waals surface area contributed by atoms with Crippen molar-refractivity contribution < 1.29 is 0 Å². The maximum absolute atomic E-state index is 5.48. The number of para-hydroxylation sites is 3. The van der Waals surface area contributed by atoms with E-state index in [2.05, 4.69) is 203 Å². The molecule has 58 heavy (non-hydrogen) atoms. The molecule has 268 valence electrons. The minimum Gasteiger partial charge on any atom is -0.309 e. The second-order valence-corrected chi connectivity index (χ2v) is 15.4. The Hall–Kier alpha value is -7.82. The van der Waals surface area contributed by atoms with Gasteiger partial charge in [-0.15, -0.1) is 0 Å². The summed E-state index contributed by atoms with van der Waals surface area (Å²) in [5.74, 6) is 0.655. The third kappa shape index (κ3) is 4.45. The number of fused-ring (bicyclic) bond motifs is 13. The van der Waals surface area contributed by atoms with E-state index in [1.165, 1.54) is 70.3 Å². The maximum atomic E-state index is 5.48. The molecule has 3 aromatic heterocycles. The first-order valence-electron chi connectivity index (χ1n) is 19.8. The quantitative estimate of drug-likeness (QED) is 0.169. The lowest BCUT2D eigenvalue weighted by Crippen LogP contribution is -2.03. The van der Waals surface area contributed by atoms with Gasteiger partial charge in [0.05, 0.1) is 33.3 Å². The molecule has 0 aliphatic heterocycles.